The second kappa shape index (κ2) is 20.7. The number of hydrogen-bond donors (Lipinski definition) is 1. The highest BCUT2D eigenvalue weighted by molar-refractivity contribution is 5.91. The van der Waals surface area contributed by atoms with Gasteiger partial charge in [0.1, 0.15) is 18.7 Å². The molecule has 0 atom stereocenters. The lowest BCUT2D eigenvalue weighted by molar-refractivity contribution is -0.154. The normalized spacial score (nSPS) is 17.2. The van der Waals surface area contributed by atoms with Crippen LogP contribution in [0.1, 0.15) is 32.2 Å². The average Bonchev–Trinajstić information content (AvgIpc) is 3.29. The molecule has 4 fully saturated rings. The molecule has 0 spiro atoms. The number of hydrogen-bond acceptors (Lipinski definition) is 15. The lowest BCUT2D eigenvalue weighted by Crippen LogP contribution is -2.44. The van der Waals surface area contributed by atoms with Gasteiger partial charge in [-0.15, -0.1) is 0 Å². The molecule has 4 aliphatic heterocycles. The van der Waals surface area contributed by atoms with Crippen molar-refractivity contribution in [2.45, 2.75) is 52.3 Å². The Labute approximate surface area is 369 Å². The second-order valence-electron chi connectivity index (χ2n) is 16.8. The van der Waals surface area contributed by atoms with Crippen LogP contribution in [0.3, 0.4) is 0 Å². The van der Waals surface area contributed by atoms with Gasteiger partial charge in [-0.25, -0.2) is 9.36 Å². The highest BCUT2D eigenvalue weighted by Gasteiger charge is 2.25. The van der Waals surface area contributed by atoms with E-state index in [0.717, 1.165) is 29.1 Å². The van der Waals surface area contributed by atoms with Crippen molar-refractivity contribution in [2.24, 2.45) is 0 Å². The monoisotopic (exact) mass is 888 g/mol. The minimum atomic E-state index is -1.05. The number of aromatic nitrogens is 4. The third kappa shape index (κ3) is 11.6. The number of carboxylic acid groups (broad SMARTS) is 1. The molecule has 344 valence electrons. The molecule has 2 aromatic carbocycles. The Hall–Kier alpha value is -5.96. The molecule has 4 aliphatic rings. The minimum absolute atomic E-state index is 0.101. The van der Waals surface area contributed by atoms with Crippen molar-refractivity contribution >= 4 is 56.7 Å². The number of benzene rings is 2. The van der Waals surface area contributed by atoms with Crippen LogP contribution >= 0.6 is 0 Å². The third-order valence-corrected chi connectivity index (χ3v) is 11.1. The van der Waals surface area contributed by atoms with Crippen LogP contribution in [-0.4, -0.2) is 169 Å². The van der Waals surface area contributed by atoms with Gasteiger partial charge in [0.2, 0.25) is 11.8 Å². The first-order chi connectivity index (χ1) is 30.7. The summed E-state index contributed by atoms with van der Waals surface area (Å²) in [6, 6.07) is 10.9. The van der Waals surface area contributed by atoms with Crippen LogP contribution in [-0.2, 0) is 68.8 Å². The maximum atomic E-state index is 13.4. The molecule has 4 aromatic rings. The third-order valence-electron chi connectivity index (χ3n) is 11.1. The molecule has 0 unspecified atom stereocenters. The molecule has 1 N–H and O–H groups in total. The maximum absolute atomic E-state index is 13.4. The summed E-state index contributed by atoms with van der Waals surface area (Å²) in [6.45, 7) is 14.0. The number of morpholine rings is 4. The number of anilines is 2. The zero-order chi connectivity index (χ0) is 45.4. The summed E-state index contributed by atoms with van der Waals surface area (Å²) in [5.74, 6) is -1.93. The molecule has 0 saturated carbocycles. The fourth-order valence-electron chi connectivity index (χ4n) is 7.94. The van der Waals surface area contributed by atoms with Gasteiger partial charge in [0.15, 0.2) is 0 Å². The van der Waals surface area contributed by atoms with Gasteiger partial charge in [-0.2, -0.15) is 10.2 Å². The van der Waals surface area contributed by atoms with Crippen molar-refractivity contribution in [1.29, 1.82) is 0 Å². The first-order valence-electron chi connectivity index (χ1n) is 21.6. The van der Waals surface area contributed by atoms with Crippen molar-refractivity contribution in [1.82, 2.24) is 29.4 Å². The number of aliphatic carboxylic acids is 1. The first-order valence-corrected chi connectivity index (χ1v) is 21.6. The fourth-order valence-corrected chi connectivity index (χ4v) is 7.94. The SMILES string of the molecule is CC(C)(C)OC(=O)Cc1nn(CC(=O)N2CCOCC2)c(=O)c2cc(N3CCOCC3)ccc12.O=C(O)Cc1nn(CC(=O)N2CCOCC2)c(=O)c2cc(N3CCOCC3)ccc12. The quantitative estimate of drug-likeness (QED) is 0.217. The molecule has 20 heteroatoms. The Bertz CT molecular complexity index is 2460. The topological polar surface area (TPSA) is 217 Å². The van der Waals surface area contributed by atoms with Gasteiger partial charge >= 0.3 is 11.9 Å². The zero-order valence-electron chi connectivity index (χ0n) is 36.6. The summed E-state index contributed by atoms with van der Waals surface area (Å²) in [6.07, 6.45) is -0.434. The number of esters is 1. The summed E-state index contributed by atoms with van der Waals surface area (Å²) >= 11 is 0. The second-order valence-corrected chi connectivity index (χ2v) is 16.8. The molecule has 2 aromatic heterocycles. The summed E-state index contributed by atoms with van der Waals surface area (Å²) in [5.41, 5.74) is 1.02. The Morgan fingerprint density at radius 3 is 1.33 bits per heavy atom. The number of ether oxygens (including phenoxy) is 5. The van der Waals surface area contributed by atoms with Gasteiger partial charge in [-0.1, -0.05) is 12.1 Å². The average molecular weight is 889 g/mol. The van der Waals surface area contributed by atoms with E-state index in [-0.39, 0.29) is 49.0 Å². The molecule has 64 heavy (non-hydrogen) atoms. The van der Waals surface area contributed by atoms with Crippen LogP contribution in [0, 0.1) is 0 Å². The zero-order valence-corrected chi connectivity index (χ0v) is 36.6. The Kier molecular flexibility index (Phi) is 14.9. The number of fused-ring (bicyclic) bond motifs is 2. The first kappa shape index (κ1) is 46.0. The summed E-state index contributed by atoms with van der Waals surface area (Å²) in [7, 11) is 0. The number of carbonyl (C=O) groups is 4. The van der Waals surface area contributed by atoms with E-state index in [2.05, 4.69) is 20.0 Å². The number of nitrogens with zero attached hydrogens (tertiary/aromatic N) is 8. The fraction of sp³-hybridized carbons (Fsp3) is 0.545. The number of carbonyl (C=O) groups excluding carboxylic acids is 3. The summed E-state index contributed by atoms with van der Waals surface area (Å²) in [5, 5.41) is 19.8. The van der Waals surface area contributed by atoms with Crippen LogP contribution in [0.4, 0.5) is 11.4 Å². The van der Waals surface area contributed by atoms with Gasteiger partial charge in [-0.3, -0.25) is 28.8 Å². The molecule has 0 bridgehead atoms. The Morgan fingerprint density at radius 1 is 0.578 bits per heavy atom. The van der Waals surface area contributed by atoms with Gasteiger partial charge in [0.25, 0.3) is 11.1 Å². The largest absolute Gasteiger partial charge is 0.481 e. The van der Waals surface area contributed by atoms with Crippen molar-refractivity contribution in [3.63, 3.8) is 0 Å². The Morgan fingerprint density at radius 2 is 0.953 bits per heavy atom. The van der Waals surface area contributed by atoms with Crippen LogP contribution in [0.15, 0.2) is 46.0 Å². The molecule has 0 radical (unpaired) electrons. The minimum Gasteiger partial charge on any atom is -0.481 e. The van der Waals surface area contributed by atoms with Crippen LogP contribution in [0.5, 0.6) is 0 Å². The van der Waals surface area contributed by atoms with E-state index in [4.69, 9.17) is 23.7 Å². The molecule has 20 nitrogen and oxygen atoms in total. The molecular formula is C44H56N8O12. The Balaban J connectivity index is 0.000000193. The lowest BCUT2D eigenvalue weighted by Gasteiger charge is -2.29. The van der Waals surface area contributed by atoms with Gasteiger partial charge in [-0.05, 0) is 45.0 Å². The number of carboxylic acids is 1. The highest BCUT2D eigenvalue weighted by atomic mass is 16.6. The lowest BCUT2D eigenvalue weighted by atomic mass is 10.1. The summed E-state index contributed by atoms with van der Waals surface area (Å²) in [4.78, 5) is 83.5. The molecule has 8 rings (SSSR count). The molecule has 4 saturated heterocycles. The van der Waals surface area contributed by atoms with Crippen molar-refractivity contribution in [2.75, 3.05) is 115 Å². The molecule has 0 aliphatic carbocycles. The van der Waals surface area contributed by atoms with E-state index in [9.17, 15) is 33.9 Å². The predicted octanol–water partition coefficient (Wildman–Crippen LogP) is 0.695. The van der Waals surface area contributed by atoms with Crippen molar-refractivity contribution in [3.8, 4) is 0 Å². The van der Waals surface area contributed by atoms with Gasteiger partial charge in [0.05, 0.1) is 87.9 Å². The standard InChI is InChI=1S/C24H32N4O6.C20H24N4O6/c1-24(2,3)34-22(30)15-20-18-5-4-17(26-6-10-32-11-7-26)14-19(18)23(31)28(25-20)16-21(29)27-8-12-33-13-9-27;25-18(23-5-9-30-10-6-23)13-24-20(28)16-11-14(22-3-7-29-8-4-22)1-2-15(16)17(21-24)12-19(26)27/h4-5,14H,6-13,15-16H2,1-3H3;1-2,11H,3-10,12-13H2,(H,26,27). The van der Waals surface area contributed by atoms with Crippen LogP contribution in [0.25, 0.3) is 21.5 Å². The van der Waals surface area contributed by atoms with E-state index in [1.807, 2.05) is 24.3 Å². The smallest absolute Gasteiger partial charge is 0.312 e. The highest BCUT2D eigenvalue weighted by Crippen LogP contribution is 2.25. The molecule has 2 amide bonds. The van der Waals surface area contributed by atoms with E-state index < -0.39 is 23.1 Å². The van der Waals surface area contributed by atoms with E-state index in [1.54, 1.807) is 42.7 Å². The van der Waals surface area contributed by atoms with Crippen molar-refractivity contribution in [3.05, 3.63) is 68.5 Å². The van der Waals surface area contributed by atoms with Gasteiger partial charge in [0, 0.05) is 74.5 Å². The number of amides is 2. The van der Waals surface area contributed by atoms with E-state index >= 15 is 0 Å². The van der Waals surface area contributed by atoms with Gasteiger partial charge < -0.3 is 48.4 Å². The summed E-state index contributed by atoms with van der Waals surface area (Å²) < 4.78 is 29.1. The van der Waals surface area contributed by atoms with E-state index in [0.29, 0.717) is 119 Å². The van der Waals surface area contributed by atoms with Crippen molar-refractivity contribution < 1.29 is 48.0 Å². The predicted molar refractivity (Wildman–Crippen MR) is 234 cm³/mol. The molecule has 6 heterocycles. The van der Waals surface area contributed by atoms with Crippen LogP contribution in [0.2, 0.25) is 0 Å². The van der Waals surface area contributed by atoms with Crippen LogP contribution < -0.4 is 20.9 Å². The van der Waals surface area contributed by atoms with E-state index in [1.165, 1.54) is 4.68 Å². The maximum Gasteiger partial charge on any atom is 0.312 e. The molecular weight excluding hydrogens is 833 g/mol. The number of rotatable bonds is 10.